The number of hydrogen-bond acceptors (Lipinski definition) is 8. The number of aromatic nitrogens is 1. The van der Waals surface area contributed by atoms with Gasteiger partial charge in [-0.1, -0.05) is 41.7 Å². The number of carbonyl (C=O) groups excluding carboxylic acids is 1. The molecule has 0 saturated carbocycles. The second-order valence-electron chi connectivity index (χ2n) is 9.68. The third-order valence-corrected chi connectivity index (χ3v) is 7.95. The maximum absolute atomic E-state index is 14.0. The van der Waals surface area contributed by atoms with Crippen molar-refractivity contribution in [2.75, 3.05) is 12.4 Å². The van der Waals surface area contributed by atoms with Crippen molar-refractivity contribution in [1.29, 1.82) is 0 Å². The predicted octanol–water partition coefficient (Wildman–Crippen LogP) is 5.05. The lowest BCUT2D eigenvalue weighted by Gasteiger charge is -2.25. The summed E-state index contributed by atoms with van der Waals surface area (Å²) < 4.78 is 13.3. The molecule has 0 radical (unpaired) electrons. The average molecular weight is 593 g/mol. The fourth-order valence-corrected chi connectivity index (χ4v) is 5.95. The molecule has 6 rings (SSSR count). The van der Waals surface area contributed by atoms with E-state index in [1.165, 1.54) is 28.0 Å². The number of rotatable bonds is 7. The van der Waals surface area contributed by atoms with E-state index in [1.807, 2.05) is 30.3 Å². The van der Waals surface area contributed by atoms with E-state index in [4.69, 9.17) is 9.15 Å². The average Bonchev–Trinajstić information content (AvgIpc) is 3.61. The van der Waals surface area contributed by atoms with Crippen LogP contribution in [0.1, 0.15) is 24.3 Å². The second-order valence-corrected chi connectivity index (χ2v) is 10.7. The number of carbonyl (C=O) groups is 1. The van der Waals surface area contributed by atoms with Crippen LogP contribution in [0.3, 0.4) is 0 Å². The van der Waals surface area contributed by atoms with Crippen molar-refractivity contribution < 1.29 is 18.9 Å². The van der Waals surface area contributed by atoms with Gasteiger partial charge in [0.25, 0.3) is 17.2 Å². The number of para-hydroxylation sites is 1. The van der Waals surface area contributed by atoms with E-state index in [9.17, 15) is 19.7 Å². The highest BCUT2D eigenvalue weighted by Crippen LogP contribution is 2.32. The van der Waals surface area contributed by atoms with Crippen molar-refractivity contribution >= 4 is 34.7 Å². The van der Waals surface area contributed by atoms with Gasteiger partial charge in [-0.15, -0.1) is 0 Å². The monoisotopic (exact) mass is 592 g/mol. The van der Waals surface area contributed by atoms with Crippen LogP contribution in [0.25, 0.3) is 17.4 Å². The lowest BCUT2D eigenvalue weighted by atomic mass is 9.95. The molecule has 0 saturated heterocycles. The normalized spacial score (nSPS) is 14.7. The van der Waals surface area contributed by atoms with E-state index in [0.29, 0.717) is 54.7 Å². The van der Waals surface area contributed by atoms with E-state index in [1.54, 1.807) is 68.6 Å². The number of non-ortho nitro benzene ring substituents is 1. The molecule has 2 aromatic heterocycles. The van der Waals surface area contributed by atoms with Gasteiger partial charge in [0.2, 0.25) is 0 Å². The molecule has 3 heterocycles. The molecule has 0 aliphatic carbocycles. The van der Waals surface area contributed by atoms with Crippen LogP contribution in [0.5, 0.6) is 5.75 Å². The SMILES string of the molecule is COc1cccc([C@H]2C(C(=O)Nc3ccccc3)=C(C)N=c3s/c(=C\c4ccc(-c5ccc([N+](=O)[O-])cc5)o4)c(=O)n32)c1. The first-order chi connectivity index (χ1) is 20.8. The van der Waals surface area contributed by atoms with Gasteiger partial charge in [0.15, 0.2) is 4.80 Å². The maximum atomic E-state index is 14.0. The molecule has 1 atom stereocenters. The van der Waals surface area contributed by atoms with Crippen LogP contribution < -0.4 is 24.9 Å². The van der Waals surface area contributed by atoms with Crippen LogP contribution >= 0.6 is 11.3 Å². The predicted molar refractivity (Wildman–Crippen MR) is 163 cm³/mol. The minimum absolute atomic E-state index is 0.0191. The molecular weight excluding hydrogens is 568 g/mol. The summed E-state index contributed by atoms with van der Waals surface area (Å²) in [7, 11) is 1.56. The number of thiazole rings is 1. The molecule has 0 unspecified atom stereocenters. The van der Waals surface area contributed by atoms with Crippen molar-refractivity contribution in [2.45, 2.75) is 13.0 Å². The molecule has 1 aliphatic heterocycles. The van der Waals surface area contributed by atoms with Gasteiger partial charge in [-0.3, -0.25) is 24.3 Å². The summed E-state index contributed by atoms with van der Waals surface area (Å²) in [5, 5.41) is 13.9. The molecule has 43 heavy (non-hydrogen) atoms. The maximum Gasteiger partial charge on any atom is 0.271 e. The van der Waals surface area contributed by atoms with Gasteiger partial charge in [0.05, 0.1) is 33.9 Å². The number of allylic oxidation sites excluding steroid dienone is 1. The number of fused-ring (bicyclic) bond motifs is 1. The number of methoxy groups -OCH3 is 1. The highest BCUT2D eigenvalue weighted by Gasteiger charge is 2.32. The molecule has 1 amide bonds. The number of nitro groups is 1. The van der Waals surface area contributed by atoms with Gasteiger partial charge in [-0.25, -0.2) is 4.99 Å². The molecule has 1 N–H and O–H groups in total. The van der Waals surface area contributed by atoms with Gasteiger partial charge in [0, 0.05) is 29.5 Å². The number of anilines is 1. The molecule has 1 aliphatic rings. The molecule has 0 fully saturated rings. The Kier molecular flexibility index (Phi) is 7.31. The van der Waals surface area contributed by atoms with Gasteiger partial charge in [-0.05, 0) is 61.0 Å². The molecule has 214 valence electrons. The number of amides is 1. The lowest BCUT2D eigenvalue weighted by Crippen LogP contribution is -2.40. The van der Waals surface area contributed by atoms with Crippen LogP contribution in [-0.4, -0.2) is 22.5 Å². The van der Waals surface area contributed by atoms with Crippen LogP contribution in [0.4, 0.5) is 11.4 Å². The van der Waals surface area contributed by atoms with E-state index >= 15 is 0 Å². The number of nitrogens with one attached hydrogen (secondary N) is 1. The standard InChI is InChI=1S/C32H24N4O6S/c1-19-28(30(37)34-22-8-4-3-5-9-22)29(21-7-6-10-24(17-21)41-2)35-31(38)27(43-32(35)33-19)18-25-15-16-26(42-25)20-11-13-23(14-12-20)36(39)40/h3-18,29H,1-2H3,(H,34,37)/b27-18-/t29-/m0/s1. The van der Waals surface area contributed by atoms with Gasteiger partial charge >= 0.3 is 0 Å². The van der Waals surface area contributed by atoms with Crippen LogP contribution in [0, 0.1) is 10.1 Å². The van der Waals surface area contributed by atoms with Crippen molar-refractivity contribution in [1.82, 2.24) is 4.57 Å². The van der Waals surface area contributed by atoms with Crippen molar-refractivity contribution in [3.8, 4) is 17.1 Å². The molecule has 10 nitrogen and oxygen atoms in total. The summed E-state index contributed by atoms with van der Waals surface area (Å²) in [6.45, 7) is 1.76. The molecule has 11 heteroatoms. The Morgan fingerprint density at radius 2 is 1.84 bits per heavy atom. The van der Waals surface area contributed by atoms with E-state index < -0.39 is 11.0 Å². The Bertz CT molecular complexity index is 2070. The highest BCUT2D eigenvalue weighted by molar-refractivity contribution is 7.07. The van der Waals surface area contributed by atoms with Crippen LogP contribution in [0.2, 0.25) is 0 Å². The van der Waals surface area contributed by atoms with Gasteiger partial charge in [-0.2, -0.15) is 0 Å². The summed E-state index contributed by atoms with van der Waals surface area (Å²) in [4.78, 5) is 43.3. The largest absolute Gasteiger partial charge is 0.497 e. The third-order valence-electron chi connectivity index (χ3n) is 6.97. The topological polar surface area (TPSA) is 129 Å². The number of ether oxygens (including phenoxy) is 1. The van der Waals surface area contributed by atoms with E-state index in [-0.39, 0.29) is 17.2 Å². The summed E-state index contributed by atoms with van der Waals surface area (Å²) in [6, 6.07) is 25.1. The third kappa shape index (κ3) is 5.41. The van der Waals surface area contributed by atoms with Crippen molar-refractivity contribution in [3.05, 3.63) is 143 Å². The first-order valence-corrected chi connectivity index (χ1v) is 14.0. The quantitative estimate of drug-likeness (QED) is 0.208. The van der Waals surface area contributed by atoms with Crippen molar-refractivity contribution in [2.24, 2.45) is 4.99 Å². The number of nitro benzene ring substituents is 1. The summed E-state index contributed by atoms with van der Waals surface area (Å²) in [6.07, 6.45) is 1.63. The zero-order chi connectivity index (χ0) is 30.1. The smallest absolute Gasteiger partial charge is 0.271 e. The number of furan rings is 1. The molecule has 5 aromatic rings. The number of nitrogens with zero attached hydrogens (tertiary/aromatic N) is 3. The number of benzene rings is 3. The Morgan fingerprint density at radius 1 is 1.07 bits per heavy atom. The summed E-state index contributed by atoms with van der Waals surface area (Å²) >= 11 is 1.19. The fourth-order valence-electron chi connectivity index (χ4n) is 4.92. The Balaban J connectivity index is 1.43. The molecular formula is C32H24N4O6S. The first kappa shape index (κ1) is 27.6. The summed E-state index contributed by atoms with van der Waals surface area (Å²) in [5.41, 5.74) is 2.46. The Labute approximate surface area is 248 Å². The zero-order valence-electron chi connectivity index (χ0n) is 23.0. The molecule has 0 spiro atoms. The lowest BCUT2D eigenvalue weighted by molar-refractivity contribution is -0.384. The van der Waals surface area contributed by atoms with Crippen LogP contribution in [0.15, 0.2) is 116 Å². The minimum Gasteiger partial charge on any atom is -0.497 e. The number of hydrogen-bond donors (Lipinski definition) is 1. The minimum atomic E-state index is -0.760. The second kappa shape index (κ2) is 11.4. The van der Waals surface area contributed by atoms with Crippen LogP contribution in [-0.2, 0) is 4.79 Å². The molecule has 0 bridgehead atoms. The Hall–Kier alpha value is -5.55. The van der Waals surface area contributed by atoms with Gasteiger partial charge in [0.1, 0.15) is 17.3 Å². The fraction of sp³-hybridized carbons (Fsp3) is 0.0938. The van der Waals surface area contributed by atoms with E-state index in [2.05, 4.69) is 10.3 Å². The first-order valence-electron chi connectivity index (χ1n) is 13.2. The Morgan fingerprint density at radius 3 is 2.56 bits per heavy atom. The van der Waals surface area contributed by atoms with Gasteiger partial charge < -0.3 is 14.5 Å². The van der Waals surface area contributed by atoms with E-state index in [0.717, 1.165) is 0 Å². The zero-order valence-corrected chi connectivity index (χ0v) is 23.8. The summed E-state index contributed by atoms with van der Waals surface area (Å²) in [5.74, 6) is 1.15. The van der Waals surface area contributed by atoms with Crippen molar-refractivity contribution in [3.63, 3.8) is 0 Å². The highest BCUT2D eigenvalue weighted by atomic mass is 32.1. The molecule has 3 aromatic carbocycles.